The lowest BCUT2D eigenvalue weighted by molar-refractivity contribution is -0.161. The predicted molar refractivity (Wildman–Crippen MR) is 141 cm³/mol. The van der Waals surface area contributed by atoms with Crippen LogP contribution in [0.5, 0.6) is 0 Å². The molecule has 0 aromatic carbocycles. The Kier molecular flexibility index (Phi) is 24.2. The number of unbranched alkanes of at least 4 members (excludes halogenated alkanes) is 15. The predicted octanol–water partition coefficient (Wildman–Crippen LogP) is 7.91. The minimum atomic E-state index is -0.759. The molecule has 5 heteroatoms. The maximum Gasteiger partial charge on any atom is 0.306 e. The van der Waals surface area contributed by atoms with E-state index < -0.39 is 6.10 Å². The summed E-state index contributed by atoms with van der Waals surface area (Å²) in [5.41, 5.74) is 0. The van der Waals surface area contributed by atoms with Crippen molar-refractivity contribution in [3.63, 3.8) is 0 Å². The molecule has 0 aliphatic carbocycles. The number of esters is 2. The van der Waals surface area contributed by atoms with Crippen LogP contribution in [-0.2, 0) is 19.1 Å². The van der Waals surface area contributed by atoms with E-state index in [1.165, 1.54) is 77.0 Å². The first-order valence-corrected chi connectivity index (χ1v) is 14.5. The lowest BCUT2D eigenvalue weighted by Crippen LogP contribution is -2.28. The molecule has 0 fully saturated rings. The van der Waals surface area contributed by atoms with E-state index in [0.29, 0.717) is 12.8 Å². The summed E-state index contributed by atoms with van der Waals surface area (Å²) in [4.78, 5) is 23.9. The van der Waals surface area contributed by atoms with Gasteiger partial charge in [-0.1, -0.05) is 124 Å². The van der Waals surface area contributed by atoms with E-state index >= 15 is 0 Å². The van der Waals surface area contributed by atoms with Crippen LogP contribution in [0.4, 0.5) is 0 Å². The lowest BCUT2D eigenvalue weighted by atomic mass is 10.0. The fourth-order valence-corrected chi connectivity index (χ4v) is 4.09. The second kappa shape index (κ2) is 25.0. The van der Waals surface area contributed by atoms with Crippen molar-refractivity contribution in [1.29, 1.82) is 0 Å². The summed E-state index contributed by atoms with van der Waals surface area (Å²) in [6.07, 6.45) is 21.6. The zero-order valence-electron chi connectivity index (χ0n) is 22.8. The molecular formula is C29H56O5. The van der Waals surface area contributed by atoms with Crippen LogP contribution in [0.15, 0.2) is 0 Å². The molecule has 1 atom stereocenters. The Balaban J connectivity index is 3.60. The molecule has 0 radical (unpaired) electrons. The highest BCUT2D eigenvalue weighted by atomic mass is 16.6. The first-order chi connectivity index (χ1) is 16.5. The zero-order chi connectivity index (χ0) is 25.3. The van der Waals surface area contributed by atoms with Crippen LogP contribution in [0, 0.1) is 5.92 Å². The molecule has 0 aliphatic rings. The Morgan fingerprint density at radius 3 is 1.56 bits per heavy atom. The summed E-state index contributed by atoms with van der Waals surface area (Å²) in [5, 5.41) is 9.43. The number of ether oxygens (including phenoxy) is 2. The smallest absolute Gasteiger partial charge is 0.306 e. The van der Waals surface area contributed by atoms with Crippen molar-refractivity contribution in [3.05, 3.63) is 0 Å². The van der Waals surface area contributed by atoms with Crippen molar-refractivity contribution in [3.8, 4) is 0 Å². The number of rotatable bonds is 25. The third kappa shape index (κ3) is 24.0. The molecule has 0 rings (SSSR count). The van der Waals surface area contributed by atoms with E-state index in [-0.39, 0.29) is 25.2 Å². The van der Waals surface area contributed by atoms with Gasteiger partial charge in [-0.05, 0) is 18.8 Å². The number of aliphatic hydroxyl groups is 1. The summed E-state index contributed by atoms with van der Waals surface area (Å²) in [6.45, 7) is 6.39. The van der Waals surface area contributed by atoms with E-state index in [9.17, 15) is 14.7 Å². The van der Waals surface area contributed by atoms with Gasteiger partial charge in [0.1, 0.15) is 6.61 Å². The summed E-state index contributed by atoms with van der Waals surface area (Å²) in [7, 11) is 0. The van der Waals surface area contributed by atoms with Gasteiger partial charge in [0.25, 0.3) is 0 Å². The third-order valence-corrected chi connectivity index (χ3v) is 6.33. The summed E-state index contributed by atoms with van der Waals surface area (Å²) >= 11 is 0. The topological polar surface area (TPSA) is 72.8 Å². The van der Waals surface area contributed by atoms with Gasteiger partial charge in [0, 0.05) is 12.8 Å². The van der Waals surface area contributed by atoms with E-state index in [2.05, 4.69) is 20.8 Å². The highest BCUT2D eigenvalue weighted by molar-refractivity contribution is 5.70. The molecule has 0 aliphatic heterocycles. The average molecular weight is 485 g/mol. The average Bonchev–Trinajstić information content (AvgIpc) is 2.81. The summed E-state index contributed by atoms with van der Waals surface area (Å²) < 4.78 is 10.5. The van der Waals surface area contributed by atoms with Crippen LogP contribution in [-0.4, -0.2) is 36.4 Å². The molecule has 0 amide bonds. The van der Waals surface area contributed by atoms with Gasteiger partial charge < -0.3 is 14.6 Å². The molecule has 0 saturated carbocycles. The highest BCUT2D eigenvalue weighted by Crippen LogP contribution is 2.14. The van der Waals surface area contributed by atoms with Gasteiger partial charge in [0.05, 0.1) is 6.61 Å². The fourth-order valence-electron chi connectivity index (χ4n) is 4.09. The minimum Gasteiger partial charge on any atom is -0.462 e. The summed E-state index contributed by atoms with van der Waals surface area (Å²) in [5.74, 6) is 0.200. The van der Waals surface area contributed by atoms with Gasteiger partial charge in [0.2, 0.25) is 0 Å². The maximum absolute atomic E-state index is 12.0. The molecule has 202 valence electrons. The number of hydrogen-bond acceptors (Lipinski definition) is 5. The van der Waals surface area contributed by atoms with E-state index in [0.717, 1.165) is 44.4 Å². The van der Waals surface area contributed by atoms with Gasteiger partial charge in [-0.2, -0.15) is 0 Å². The van der Waals surface area contributed by atoms with Crippen molar-refractivity contribution in [2.75, 3.05) is 13.2 Å². The minimum absolute atomic E-state index is 0.0603. The van der Waals surface area contributed by atoms with Crippen molar-refractivity contribution in [2.45, 2.75) is 155 Å². The lowest BCUT2D eigenvalue weighted by Gasteiger charge is -2.15. The van der Waals surface area contributed by atoms with Crippen LogP contribution in [0.25, 0.3) is 0 Å². The number of carbonyl (C=O) groups excluding carboxylic acids is 2. The van der Waals surface area contributed by atoms with Crippen LogP contribution in [0.3, 0.4) is 0 Å². The van der Waals surface area contributed by atoms with Gasteiger partial charge in [-0.15, -0.1) is 0 Å². The van der Waals surface area contributed by atoms with Crippen molar-refractivity contribution >= 4 is 11.9 Å². The van der Waals surface area contributed by atoms with E-state index in [4.69, 9.17) is 9.47 Å². The molecule has 0 aromatic rings. The van der Waals surface area contributed by atoms with Gasteiger partial charge in [-0.3, -0.25) is 9.59 Å². The molecule has 34 heavy (non-hydrogen) atoms. The molecule has 0 saturated heterocycles. The molecule has 1 N–H and O–H groups in total. The Morgan fingerprint density at radius 2 is 1.09 bits per heavy atom. The molecule has 0 bridgehead atoms. The number of carbonyl (C=O) groups is 2. The van der Waals surface area contributed by atoms with E-state index in [1.807, 2.05) is 0 Å². The Hall–Kier alpha value is -1.10. The molecule has 0 aromatic heterocycles. The van der Waals surface area contributed by atoms with E-state index in [1.54, 1.807) is 0 Å². The Bertz CT molecular complexity index is 463. The van der Waals surface area contributed by atoms with Crippen molar-refractivity contribution in [1.82, 2.24) is 0 Å². The quantitative estimate of drug-likeness (QED) is 0.105. The van der Waals surface area contributed by atoms with Crippen LogP contribution >= 0.6 is 0 Å². The molecule has 0 unspecified atom stereocenters. The number of hydrogen-bond donors (Lipinski definition) is 1. The largest absolute Gasteiger partial charge is 0.462 e. The fraction of sp³-hybridized carbons (Fsp3) is 0.931. The summed E-state index contributed by atoms with van der Waals surface area (Å²) in [6, 6.07) is 0. The van der Waals surface area contributed by atoms with Crippen molar-refractivity contribution < 1.29 is 24.2 Å². The Morgan fingerprint density at radius 1 is 0.647 bits per heavy atom. The first-order valence-electron chi connectivity index (χ1n) is 14.5. The first kappa shape index (κ1) is 32.9. The van der Waals surface area contributed by atoms with Gasteiger partial charge in [-0.25, -0.2) is 0 Å². The van der Waals surface area contributed by atoms with Crippen LogP contribution in [0.2, 0.25) is 0 Å². The van der Waals surface area contributed by atoms with Gasteiger partial charge in [0.15, 0.2) is 6.10 Å². The second-order valence-electron chi connectivity index (χ2n) is 10.3. The molecule has 5 nitrogen and oxygen atoms in total. The van der Waals surface area contributed by atoms with Crippen molar-refractivity contribution in [2.24, 2.45) is 5.92 Å². The molecular weight excluding hydrogens is 428 g/mol. The zero-order valence-corrected chi connectivity index (χ0v) is 22.8. The monoisotopic (exact) mass is 484 g/mol. The third-order valence-electron chi connectivity index (χ3n) is 6.33. The van der Waals surface area contributed by atoms with Crippen LogP contribution < -0.4 is 0 Å². The molecule has 0 heterocycles. The molecule has 0 spiro atoms. The van der Waals surface area contributed by atoms with Crippen LogP contribution in [0.1, 0.15) is 149 Å². The normalized spacial score (nSPS) is 12.1. The maximum atomic E-state index is 12.0. The second-order valence-corrected chi connectivity index (χ2v) is 10.3. The number of aliphatic hydroxyl groups excluding tert-OH is 1. The highest BCUT2D eigenvalue weighted by Gasteiger charge is 2.16. The Labute approximate surface area is 210 Å². The van der Waals surface area contributed by atoms with Gasteiger partial charge >= 0.3 is 11.9 Å². The standard InChI is InChI=1S/C29H56O5/c1-4-5-6-7-8-9-10-13-16-19-22-28(31)33-25-27(24-30)34-29(32)23-20-17-14-11-12-15-18-21-26(2)3/h26-27,30H,4-25H2,1-3H3/t27-/m0/s1. The SMILES string of the molecule is CCCCCCCCCCCCC(=O)OC[C@H](CO)OC(=O)CCCCCCCCCC(C)C.